The number of halogens is 1. The second kappa shape index (κ2) is 5.10. The van der Waals surface area contributed by atoms with Gasteiger partial charge in [-0.3, -0.25) is 0 Å². The summed E-state index contributed by atoms with van der Waals surface area (Å²) in [6.07, 6.45) is 0. The van der Waals surface area contributed by atoms with Crippen molar-refractivity contribution in [3.05, 3.63) is 35.8 Å². The lowest BCUT2D eigenvalue weighted by molar-refractivity contribution is -0.133. The van der Waals surface area contributed by atoms with Crippen molar-refractivity contribution in [3.8, 4) is 0 Å². The summed E-state index contributed by atoms with van der Waals surface area (Å²) in [5.41, 5.74) is 1.40. The first-order chi connectivity index (χ1) is 8.67. The molecule has 18 heavy (non-hydrogen) atoms. The lowest BCUT2D eigenvalue weighted by atomic mass is 10.2. The highest BCUT2D eigenvalue weighted by Crippen LogP contribution is 2.20. The average Bonchev–Trinajstić information content (AvgIpc) is 2.81. The smallest absolute Gasteiger partial charge is 0.345 e. The molecule has 0 aliphatic carbocycles. The van der Waals surface area contributed by atoms with E-state index >= 15 is 0 Å². The van der Waals surface area contributed by atoms with Gasteiger partial charge in [0.25, 0.3) is 0 Å². The number of para-hydroxylation sites is 2. The number of hydrogen-bond donors (Lipinski definition) is 2. The second-order valence-electron chi connectivity index (χ2n) is 3.55. The number of aromatic nitrogens is 2. The van der Waals surface area contributed by atoms with Crippen LogP contribution in [0.25, 0.3) is 16.6 Å². The normalized spacial score (nSPS) is 12.3. The molecule has 6 heteroatoms. The van der Waals surface area contributed by atoms with Crippen LogP contribution in [-0.4, -0.2) is 34.0 Å². The molecule has 1 aromatic carbocycles. The number of hydrogen-bond acceptors (Lipinski definition) is 4. The summed E-state index contributed by atoms with van der Waals surface area (Å²) in [5.74, 6) is -0.919. The number of fused-ring (bicyclic) bond motifs is 1. The quantitative estimate of drug-likeness (QED) is 0.387. The minimum absolute atomic E-state index is 0.0521. The number of imidazole rings is 1. The van der Waals surface area contributed by atoms with Crippen LogP contribution in [0.1, 0.15) is 5.82 Å². The molecular weight excluding hydrogens is 256 g/mol. The van der Waals surface area contributed by atoms with Gasteiger partial charge < -0.3 is 14.8 Å². The van der Waals surface area contributed by atoms with Gasteiger partial charge in [-0.05, 0) is 12.1 Å². The van der Waals surface area contributed by atoms with Gasteiger partial charge in [-0.25, -0.2) is 9.78 Å². The van der Waals surface area contributed by atoms with Gasteiger partial charge in [-0.1, -0.05) is 12.1 Å². The van der Waals surface area contributed by atoms with Crippen molar-refractivity contribution in [2.45, 2.75) is 0 Å². The van der Waals surface area contributed by atoms with Crippen LogP contribution in [0, 0.1) is 0 Å². The zero-order chi connectivity index (χ0) is 13.1. The van der Waals surface area contributed by atoms with E-state index in [1.54, 1.807) is 6.07 Å². The van der Waals surface area contributed by atoms with Crippen molar-refractivity contribution in [1.82, 2.24) is 9.97 Å². The molecule has 0 radical (unpaired) electrons. The number of nitrogens with zero attached hydrogens (tertiary/aromatic N) is 1. The number of ether oxygens (including phenoxy) is 1. The third-order valence-electron chi connectivity index (χ3n) is 2.43. The zero-order valence-electron chi connectivity index (χ0n) is 9.61. The van der Waals surface area contributed by atoms with E-state index in [1.165, 1.54) is 7.11 Å². The molecule has 0 saturated carbocycles. The van der Waals surface area contributed by atoms with Gasteiger partial charge >= 0.3 is 5.97 Å². The topological polar surface area (TPSA) is 75.2 Å². The molecule has 2 N–H and O–H groups in total. The van der Waals surface area contributed by atoms with Crippen LogP contribution in [0.5, 0.6) is 0 Å². The molecule has 0 saturated heterocycles. The van der Waals surface area contributed by atoms with Gasteiger partial charge in [-0.2, -0.15) is 0 Å². The molecule has 0 aliphatic rings. The van der Waals surface area contributed by atoms with Crippen LogP contribution < -0.4 is 0 Å². The third kappa shape index (κ3) is 2.17. The highest BCUT2D eigenvalue weighted by Gasteiger charge is 2.21. The Kier molecular flexibility index (Phi) is 3.53. The molecule has 94 valence electrons. The number of benzene rings is 1. The van der Waals surface area contributed by atoms with Crippen LogP contribution >= 0.6 is 11.6 Å². The average molecular weight is 267 g/mol. The summed E-state index contributed by atoms with van der Waals surface area (Å²) in [6.45, 7) is 0. The number of alkyl halides is 1. The minimum atomic E-state index is -0.688. The first-order valence-corrected chi connectivity index (χ1v) is 5.72. The largest absolute Gasteiger partial charge is 0.510 e. The molecule has 0 fully saturated rings. The maximum atomic E-state index is 11.6. The first-order valence-electron chi connectivity index (χ1n) is 5.19. The number of aliphatic hydroxyl groups is 1. The number of carbonyl (C=O) groups excluding carboxylic acids is 1. The molecule has 1 heterocycles. The van der Waals surface area contributed by atoms with Gasteiger partial charge in [0, 0.05) is 0 Å². The monoisotopic (exact) mass is 266 g/mol. The molecule has 5 nitrogen and oxygen atoms in total. The number of allylic oxidation sites excluding steroid dienone is 1. The van der Waals surface area contributed by atoms with E-state index < -0.39 is 5.97 Å². The van der Waals surface area contributed by atoms with Crippen LogP contribution in [0.3, 0.4) is 0 Å². The lowest BCUT2D eigenvalue weighted by Gasteiger charge is -2.04. The van der Waals surface area contributed by atoms with E-state index in [-0.39, 0.29) is 23.0 Å². The standard InChI is InChI=1S/C12H11ClN2O3/c1-18-12(17)10(9(16)6-13)11-14-7-4-2-3-5-8(7)15-11/h2-5,16H,6H2,1H3,(H,14,15)/b10-9+. The highest BCUT2D eigenvalue weighted by molar-refractivity contribution is 6.23. The molecule has 2 rings (SSSR count). The van der Waals surface area contributed by atoms with Gasteiger partial charge in [0.1, 0.15) is 17.2 Å². The van der Waals surface area contributed by atoms with Crippen molar-refractivity contribution in [2.24, 2.45) is 0 Å². The predicted molar refractivity (Wildman–Crippen MR) is 68.4 cm³/mol. The number of nitrogens with one attached hydrogen (secondary N) is 1. The van der Waals surface area contributed by atoms with Gasteiger partial charge in [-0.15, -0.1) is 11.6 Å². The first kappa shape index (κ1) is 12.4. The van der Waals surface area contributed by atoms with E-state index in [2.05, 4.69) is 14.7 Å². The third-order valence-corrected chi connectivity index (χ3v) is 2.68. The van der Waals surface area contributed by atoms with Crippen molar-refractivity contribution in [2.75, 3.05) is 13.0 Å². The van der Waals surface area contributed by atoms with E-state index in [0.717, 1.165) is 5.52 Å². The Labute approximate surface area is 108 Å². The summed E-state index contributed by atoms with van der Waals surface area (Å²) in [7, 11) is 1.23. The Bertz CT molecular complexity index is 586. The van der Waals surface area contributed by atoms with Crippen molar-refractivity contribution >= 4 is 34.2 Å². The molecular formula is C12H11ClN2O3. The second-order valence-corrected chi connectivity index (χ2v) is 3.82. The SMILES string of the molecule is COC(=O)/C(=C(/O)CCl)c1nc2ccccc2[nH]1. The van der Waals surface area contributed by atoms with Gasteiger partial charge in [0.2, 0.25) is 0 Å². The van der Waals surface area contributed by atoms with Crippen LogP contribution in [0.4, 0.5) is 0 Å². The molecule has 2 aromatic rings. The van der Waals surface area contributed by atoms with Crippen molar-refractivity contribution in [1.29, 1.82) is 0 Å². The fourth-order valence-corrected chi connectivity index (χ4v) is 1.72. The molecule has 0 aliphatic heterocycles. The lowest BCUT2D eigenvalue weighted by Crippen LogP contribution is -2.09. The van der Waals surface area contributed by atoms with Crippen LogP contribution in [0.15, 0.2) is 30.0 Å². The summed E-state index contributed by atoms with van der Waals surface area (Å²) >= 11 is 5.54. The number of aromatic amines is 1. The fourth-order valence-electron chi connectivity index (χ4n) is 1.59. The van der Waals surface area contributed by atoms with Crippen LogP contribution in [0.2, 0.25) is 0 Å². The number of methoxy groups -OCH3 is 1. The molecule has 0 amide bonds. The maximum absolute atomic E-state index is 11.6. The molecule has 0 spiro atoms. The minimum Gasteiger partial charge on any atom is -0.510 e. The van der Waals surface area contributed by atoms with Gasteiger partial charge in [0.05, 0.1) is 24.0 Å². The summed E-state index contributed by atoms with van der Waals surface area (Å²) < 4.78 is 4.61. The number of aliphatic hydroxyl groups excluding tert-OH is 1. The number of H-pyrrole nitrogens is 1. The van der Waals surface area contributed by atoms with E-state index in [1.807, 2.05) is 18.2 Å². The van der Waals surface area contributed by atoms with E-state index in [9.17, 15) is 9.90 Å². The van der Waals surface area contributed by atoms with Crippen molar-refractivity contribution in [3.63, 3.8) is 0 Å². The highest BCUT2D eigenvalue weighted by atomic mass is 35.5. The maximum Gasteiger partial charge on any atom is 0.345 e. The Balaban J connectivity index is 2.58. The predicted octanol–water partition coefficient (Wildman–Crippen LogP) is 2.24. The van der Waals surface area contributed by atoms with E-state index in [4.69, 9.17) is 11.6 Å². The molecule has 0 bridgehead atoms. The summed E-state index contributed by atoms with van der Waals surface area (Å²) in [5, 5.41) is 9.68. The van der Waals surface area contributed by atoms with Crippen molar-refractivity contribution < 1.29 is 14.6 Å². The number of rotatable bonds is 3. The Morgan fingerprint density at radius 3 is 2.83 bits per heavy atom. The Morgan fingerprint density at radius 1 is 1.50 bits per heavy atom. The van der Waals surface area contributed by atoms with Gasteiger partial charge in [0.15, 0.2) is 0 Å². The Morgan fingerprint density at radius 2 is 2.22 bits per heavy atom. The van der Waals surface area contributed by atoms with E-state index in [0.29, 0.717) is 5.52 Å². The molecule has 0 atom stereocenters. The van der Waals surface area contributed by atoms with Crippen LogP contribution in [-0.2, 0) is 9.53 Å². The number of esters is 1. The fraction of sp³-hybridized carbons (Fsp3) is 0.167. The molecule has 1 aromatic heterocycles. The summed E-state index contributed by atoms with van der Waals surface area (Å²) in [4.78, 5) is 18.8. The summed E-state index contributed by atoms with van der Waals surface area (Å²) in [6, 6.07) is 7.28. The molecule has 0 unspecified atom stereocenters. The zero-order valence-corrected chi connectivity index (χ0v) is 10.4. The number of carbonyl (C=O) groups is 1. The Hall–Kier alpha value is -2.01.